The van der Waals surface area contributed by atoms with Gasteiger partial charge in [0.2, 0.25) is 5.91 Å². The van der Waals surface area contributed by atoms with Crippen LogP contribution in [0.4, 0.5) is 0 Å². The second kappa shape index (κ2) is 7.29. The van der Waals surface area contributed by atoms with Gasteiger partial charge in [-0.1, -0.05) is 11.6 Å². The number of thioether (sulfide) groups is 1. The summed E-state index contributed by atoms with van der Waals surface area (Å²) in [7, 11) is 0. The first-order chi connectivity index (χ1) is 10.8. The second-order valence-corrected chi connectivity index (χ2v) is 6.73. The molecule has 0 fully saturated rings. The molecule has 2 amide bonds. The molecule has 1 aromatic carbocycles. The Balaban J connectivity index is 2.38. The highest BCUT2D eigenvalue weighted by Gasteiger charge is 2.23. The summed E-state index contributed by atoms with van der Waals surface area (Å²) in [4.78, 5) is 38.2. The number of nitrogens with one attached hydrogen (secondary N) is 1. The van der Waals surface area contributed by atoms with Crippen molar-refractivity contribution in [1.29, 1.82) is 0 Å². The number of benzene rings is 1. The van der Waals surface area contributed by atoms with Crippen LogP contribution in [0.3, 0.4) is 0 Å². The van der Waals surface area contributed by atoms with E-state index in [2.05, 4.69) is 26.2 Å². The maximum atomic E-state index is 11.9. The van der Waals surface area contributed by atoms with Crippen LogP contribution in [0.2, 0.25) is 5.02 Å². The van der Waals surface area contributed by atoms with E-state index in [0.29, 0.717) is 15.1 Å². The summed E-state index contributed by atoms with van der Waals surface area (Å²) in [6.45, 7) is 2.59. The number of nitrogens with zero attached hydrogens (tertiary/aromatic N) is 1. The lowest BCUT2D eigenvalue weighted by Crippen LogP contribution is -2.23. The van der Waals surface area contributed by atoms with E-state index >= 15 is 0 Å². The van der Waals surface area contributed by atoms with E-state index < -0.39 is 11.9 Å². The van der Waals surface area contributed by atoms with Gasteiger partial charge in [0.15, 0.2) is 10.9 Å². The Bertz CT molecular complexity index is 776. The normalized spacial score (nSPS) is 15.6. The van der Waals surface area contributed by atoms with Crippen molar-refractivity contribution < 1.29 is 19.1 Å². The molecule has 1 aliphatic heterocycles. The van der Waals surface area contributed by atoms with Crippen LogP contribution in [0.25, 0.3) is 6.08 Å². The van der Waals surface area contributed by atoms with E-state index in [1.165, 1.54) is 19.9 Å². The van der Waals surface area contributed by atoms with Crippen LogP contribution in [0.15, 0.2) is 26.5 Å². The van der Waals surface area contributed by atoms with Crippen molar-refractivity contribution in [2.45, 2.75) is 13.8 Å². The third kappa shape index (κ3) is 4.66. The molecule has 120 valence electrons. The molecule has 0 spiro atoms. The van der Waals surface area contributed by atoms with Crippen molar-refractivity contribution in [3.63, 3.8) is 0 Å². The Morgan fingerprint density at radius 3 is 2.70 bits per heavy atom. The predicted octanol–water partition coefficient (Wildman–Crippen LogP) is 3.13. The minimum atomic E-state index is -0.506. The van der Waals surface area contributed by atoms with Gasteiger partial charge in [-0.15, -0.1) is 0 Å². The standard InChI is InChI=1S/C14H10BrClN2O4S/c1-6(19)17-14-18-13(21)11(23-14)4-8-3-9(16)5-10(15)12(8)22-7(2)20/h3-5H,1-2H3,(H,17,18,19,21). The Morgan fingerprint density at radius 1 is 1.39 bits per heavy atom. The molecule has 9 heteroatoms. The Hall–Kier alpha value is -1.64. The number of ether oxygens (including phenoxy) is 1. The van der Waals surface area contributed by atoms with Crippen LogP contribution in [-0.2, 0) is 14.4 Å². The van der Waals surface area contributed by atoms with E-state index in [1.54, 1.807) is 12.1 Å². The molecule has 1 N–H and O–H groups in total. The number of carbonyl (C=O) groups excluding carboxylic acids is 3. The lowest BCUT2D eigenvalue weighted by Gasteiger charge is -2.09. The number of hydrogen-bond donors (Lipinski definition) is 1. The maximum Gasteiger partial charge on any atom is 0.308 e. The molecule has 0 aliphatic carbocycles. The van der Waals surface area contributed by atoms with Gasteiger partial charge < -0.3 is 10.1 Å². The molecule has 0 radical (unpaired) electrons. The van der Waals surface area contributed by atoms with E-state index in [-0.39, 0.29) is 21.7 Å². The summed E-state index contributed by atoms with van der Waals surface area (Å²) in [6.07, 6.45) is 1.50. The molecule has 0 unspecified atom stereocenters. The number of halogens is 2. The van der Waals surface area contributed by atoms with E-state index in [9.17, 15) is 14.4 Å². The fraction of sp³-hybridized carbons (Fsp3) is 0.143. The van der Waals surface area contributed by atoms with Gasteiger partial charge in [0.1, 0.15) is 0 Å². The van der Waals surface area contributed by atoms with E-state index in [4.69, 9.17) is 16.3 Å². The fourth-order valence-corrected chi connectivity index (χ4v) is 3.46. The van der Waals surface area contributed by atoms with Crippen molar-refractivity contribution in [1.82, 2.24) is 5.32 Å². The first-order valence-electron chi connectivity index (χ1n) is 6.24. The van der Waals surface area contributed by atoms with Crippen LogP contribution in [0.5, 0.6) is 5.75 Å². The monoisotopic (exact) mass is 416 g/mol. The maximum absolute atomic E-state index is 11.9. The third-order valence-corrected chi connectivity index (χ3v) is 4.18. The van der Waals surface area contributed by atoms with Crippen molar-refractivity contribution in [3.05, 3.63) is 32.1 Å². The third-order valence-electron chi connectivity index (χ3n) is 2.47. The van der Waals surface area contributed by atoms with Crippen LogP contribution in [-0.4, -0.2) is 23.0 Å². The highest BCUT2D eigenvalue weighted by Crippen LogP contribution is 2.36. The van der Waals surface area contributed by atoms with Gasteiger partial charge in [-0.3, -0.25) is 14.4 Å². The van der Waals surface area contributed by atoms with Crippen molar-refractivity contribution in [3.8, 4) is 5.75 Å². The average Bonchev–Trinajstić information content (AvgIpc) is 2.72. The SMILES string of the molecule is CC(=O)NC1=NC(=O)C(=Cc2cc(Cl)cc(Br)c2OC(C)=O)S1. The van der Waals surface area contributed by atoms with Gasteiger partial charge >= 0.3 is 5.97 Å². The molecule has 2 rings (SSSR count). The summed E-state index contributed by atoms with van der Waals surface area (Å²) in [5.74, 6) is -1.08. The van der Waals surface area contributed by atoms with Crippen LogP contribution in [0.1, 0.15) is 19.4 Å². The molecule has 0 saturated heterocycles. The van der Waals surface area contributed by atoms with Crippen LogP contribution in [0, 0.1) is 0 Å². The van der Waals surface area contributed by atoms with Crippen LogP contribution < -0.4 is 10.1 Å². The first kappa shape index (κ1) is 17.7. The summed E-state index contributed by atoms with van der Waals surface area (Å²) in [6, 6.07) is 3.13. The summed E-state index contributed by atoms with van der Waals surface area (Å²) < 4.78 is 5.63. The Labute approximate surface area is 149 Å². The zero-order chi connectivity index (χ0) is 17.1. The number of amides is 2. The number of amidine groups is 1. The zero-order valence-electron chi connectivity index (χ0n) is 12.0. The smallest absolute Gasteiger partial charge is 0.308 e. The van der Waals surface area contributed by atoms with Gasteiger partial charge in [0.05, 0.1) is 9.38 Å². The molecular weight excluding hydrogens is 408 g/mol. The Kier molecular flexibility index (Phi) is 5.61. The summed E-state index contributed by atoms with van der Waals surface area (Å²) in [5.41, 5.74) is 0.440. The molecule has 0 bridgehead atoms. The first-order valence-corrected chi connectivity index (χ1v) is 8.22. The van der Waals surface area contributed by atoms with Gasteiger partial charge in [-0.2, -0.15) is 4.99 Å². The van der Waals surface area contributed by atoms with Gasteiger partial charge in [0, 0.05) is 24.4 Å². The summed E-state index contributed by atoms with van der Waals surface area (Å²) in [5, 5.41) is 3.05. The molecule has 23 heavy (non-hydrogen) atoms. The van der Waals surface area contributed by atoms with Crippen molar-refractivity contribution >= 4 is 68.3 Å². The van der Waals surface area contributed by atoms with Gasteiger partial charge in [-0.25, -0.2) is 0 Å². The number of hydrogen-bond acceptors (Lipinski definition) is 5. The zero-order valence-corrected chi connectivity index (χ0v) is 15.1. The van der Waals surface area contributed by atoms with E-state index in [0.717, 1.165) is 11.8 Å². The molecule has 0 saturated carbocycles. The summed E-state index contributed by atoms with van der Waals surface area (Å²) >= 11 is 10.3. The van der Waals surface area contributed by atoms with Crippen molar-refractivity contribution in [2.24, 2.45) is 4.99 Å². The molecule has 1 aromatic rings. The molecular formula is C14H10BrClN2O4S. The molecule has 1 heterocycles. The highest BCUT2D eigenvalue weighted by molar-refractivity contribution is 9.10. The topological polar surface area (TPSA) is 84.8 Å². The highest BCUT2D eigenvalue weighted by atomic mass is 79.9. The lowest BCUT2D eigenvalue weighted by molar-refractivity contribution is -0.132. The van der Waals surface area contributed by atoms with Crippen molar-refractivity contribution in [2.75, 3.05) is 0 Å². The minimum absolute atomic E-state index is 0.198. The molecule has 0 aromatic heterocycles. The molecule has 6 nitrogen and oxygen atoms in total. The minimum Gasteiger partial charge on any atom is -0.425 e. The van der Waals surface area contributed by atoms with Gasteiger partial charge in [0.25, 0.3) is 5.91 Å². The molecule has 0 atom stereocenters. The number of carbonyl (C=O) groups is 3. The predicted molar refractivity (Wildman–Crippen MR) is 92.3 cm³/mol. The lowest BCUT2D eigenvalue weighted by atomic mass is 10.2. The number of esters is 1. The molecule has 1 aliphatic rings. The quantitative estimate of drug-likeness (QED) is 0.454. The largest absolute Gasteiger partial charge is 0.425 e. The number of aliphatic imine (C=N–C) groups is 1. The fourth-order valence-electron chi connectivity index (χ4n) is 1.69. The van der Waals surface area contributed by atoms with Crippen LogP contribution >= 0.6 is 39.3 Å². The number of rotatable bonds is 2. The second-order valence-electron chi connectivity index (χ2n) is 4.41. The average molecular weight is 418 g/mol. The van der Waals surface area contributed by atoms with E-state index in [1.807, 2.05) is 0 Å². The van der Waals surface area contributed by atoms with Gasteiger partial charge in [-0.05, 0) is 45.9 Å². The Morgan fingerprint density at radius 2 is 2.09 bits per heavy atom.